The Morgan fingerprint density at radius 3 is 2.35 bits per heavy atom. The molecule has 2 heterocycles. The van der Waals surface area contributed by atoms with E-state index in [1.807, 2.05) is 27.7 Å². The highest BCUT2D eigenvalue weighted by molar-refractivity contribution is 5.79. The lowest BCUT2D eigenvalue weighted by atomic mass is 10.1. The summed E-state index contributed by atoms with van der Waals surface area (Å²) in [4.78, 5) is 26.5. The highest BCUT2D eigenvalue weighted by Crippen LogP contribution is 2.14. The minimum Gasteiger partial charge on any atom is -0.368 e. The number of hydrogen-bond donors (Lipinski definition) is 1. The van der Waals surface area contributed by atoms with E-state index in [-0.39, 0.29) is 24.2 Å². The first kappa shape index (κ1) is 16.9. The zero-order valence-corrected chi connectivity index (χ0v) is 14.1. The molecule has 0 bridgehead atoms. The molecule has 8 heteroatoms. The Kier molecular flexibility index (Phi) is 4.92. The molecular weight excluding hydrogens is 296 g/mol. The first-order chi connectivity index (χ1) is 10.8. The molecule has 0 aromatic carbocycles. The number of carbonyl (C=O) groups is 1. The molecule has 0 aliphatic carbocycles. The van der Waals surface area contributed by atoms with Gasteiger partial charge in [0.1, 0.15) is 0 Å². The average molecular weight is 318 g/mol. The SMILES string of the molecule is Cc1nc(N)nc(C)c1CC(=O)N(C)Cc1noc(C(C)C)n1. The van der Waals surface area contributed by atoms with E-state index in [9.17, 15) is 4.79 Å². The lowest BCUT2D eigenvalue weighted by Gasteiger charge is -2.16. The van der Waals surface area contributed by atoms with Crippen LogP contribution in [0.2, 0.25) is 0 Å². The Morgan fingerprint density at radius 2 is 1.83 bits per heavy atom. The molecule has 0 unspecified atom stereocenters. The quantitative estimate of drug-likeness (QED) is 0.886. The monoisotopic (exact) mass is 318 g/mol. The third kappa shape index (κ3) is 4.02. The fourth-order valence-electron chi connectivity index (χ4n) is 2.17. The Hall–Kier alpha value is -2.51. The van der Waals surface area contributed by atoms with E-state index in [4.69, 9.17) is 10.3 Å². The summed E-state index contributed by atoms with van der Waals surface area (Å²) in [6.45, 7) is 7.88. The highest BCUT2D eigenvalue weighted by Gasteiger charge is 2.18. The number of hydrogen-bond acceptors (Lipinski definition) is 7. The van der Waals surface area contributed by atoms with Gasteiger partial charge in [0.05, 0.1) is 13.0 Å². The van der Waals surface area contributed by atoms with Crippen molar-refractivity contribution in [2.45, 2.75) is 46.6 Å². The van der Waals surface area contributed by atoms with Gasteiger partial charge >= 0.3 is 0 Å². The maximum Gasteiger partial charge on any atom is 0.229 e. The van der Waals surface area contributed by atoms with Crippen LogP contribution < -0.4 is 5.73 Å². The fraction of sp³-hybridized carbons (Fsp3) is 0.533. The molecule has 8 nitrogen and oxygen atoms in total. The number of nitrogen functional groups attached to an aromatic ring is 1. The van der Waals surface area contributed by atoms with E-state index < -0.39 is 0 Å². The second-order valence-corrected chi connectivity index (χ2v) is 5.86. The Balaban J connectivity index is 2.05. The zero-order chi connectivity index (χ0) is 17.1. The molecule has 2 aromatic heterocycles. The largest absolute Gasteiger partial charge is 0.368 e. The van der Waals surface area contributed by atoms with Gasteiger partial charge in [-0.3, -0.25) is 4.79 Å². The van der Waals surface area contributed by atoms with Gasteiger partial charge in [-0.05, 0) is 13.8 Å². The second-order valence-electron chi connectivity index (χ2n) is 5.86. The molecule has 0 spiro atoms. The van der Waals surface area contributed by atoms with E-state index in [1.54, 1.807) is 11.9 Å². The van der Waals surface area contributed by atoms with E-state index in [2.05, 4.69) is 20.1 Å². The maximum absolute atomic E-state index is 12.4. The van der Waals surface area contributed by atoms with Crippen molar-refractivity contribution >= 4 is 11.9 Å². The molecule has 124 valence electrons. The third-order valence-electron chi connectivity index (χ3n) is 3.55. The maximum atomic E-state index is 12.4. The zero-order valence-electron chi connectivity index (χ0n) is 14.1. The van der Waals surface area contributed by atoms with Crippen molar-refractivity contribution in [2.24, 2.45) is 0 Å². The van der Waals surface area contributed by atoms with Crippen LogP contribution in [-0.4, -0.2) is 38.0 Å². The van der Waals surface area contributed by atoms with Crippen LogP contribution in [0, 0.1) is 13.8 Å². The summed E-state index contributed by atoms with van der Waals surface area (Å²) in [5.41, 5.74) is 7.84. The first-order valence-corrected chi connectivity index (χ1v) is 7.44. The number of aryl methyl sites for hydroxylation is 2. The normalized spacial score (nSPS) is 11.0. The summed E-state index contributed by atoms with van der Waals surface area (Å²) in [6, 6.07) is 0. The predicted octanol–water partition coefficient (Wildman–Crippen LogP) is 1.38. The summed E-state index contributed by atoms with van der Waals surface area (Å²) < 4.78 is 5.14. The van der Waals surface area contributed by atoms with Crippen LogP contribution in [0.1, 0.15) is 48.4 Å². The summed E-state index contributed by atoms with van der Waals surface area (Å²) in [6.07, 6.45) is 0.212. The third-order valence-corrected chi connectivity index (χ3v) is 3.55. The number of carbonyl (C=O) groups excluding carboxylic acids is 1. The molecule has 0 saturated carbocycles. The molecule has 2 aromatic rings. The molecular formula is C15H22N6O2. The van der Waals surface area contributed by atoms with E-state index in [0.29, 0.717) is 18.3 Å². The highest BCUT2D eigenvalue weighted by atomic mass is 16.5. The van der Waals surface area contributed by atoms with Crippen LogP contribution in [0.15, 0.2) is 4.52 Å². The molecule has 0 radical (unpaired) electrons. The summed E-state index contributed by atoms with van der Waals surface area (Å²) in [5, 5.41) is 3.89. The average Bonchev–Trinajstić information content (AvgIpc) is 2.91. The molecule has 1 amide bonds. The number of amides is 1. The topological polar surface area (TPSA) is 111 Å². The summed E-state index contributed by atoms with van der Waals surface area (Å²) in [5.74, 6) is 1.37. The number of nitrogens with two attached hydrogens (primary N) is 1. The van der Waals surface area contributed by atoms with Crippen molar-refractivity contribution in [2.75, 3.05) is 12.8 Å². The number of nitrogens with zero attached hydrogens (tertiary/aromatic N) is 5. The van der Waals surface area contributed by atoms with Gasteiger partial charge in [-0.15, -0.1) is 0 Å². The lowest BCUT2D eigenvalue weighted by molar-refractivity contribution is -0.129. The van der Waals surface area contributed by atoms with Gasteiger partial charge in [-0.2, -0.15) is 4.98 Å². The number of anilines is 1. The standard InChI is InChI=1S/C15H22N6O2/c1-8(2)14-19-12(20-23-14)7-21(5)13(22)6-11-9(3)17-15(16)18-10(11)4/h8H,6-7H2,1-5H3,(H2,16,17,18). The van der Waals surface area contributed by atoms with Crippen LogP contribution in [-0.2, 0) is 17.8 Å². The molecule has 2 N–H and O–H groups in total. The second kappa shape index (κ2) is 6.72. The van der Waals surface area contributed by atoms with Crippen LogP contribution in [0.5, 0.6) is 0 Å². The molecule has 2 rings (SSSR count). The van der Waals surface area contributed by atoms with Gasteiger partial charge < -0.3 is 15.2 Å². The van der Waals surface area contributed by atoms with Gasteiger partial charge in [0.15, 0.2) is 5.82 Å². The lowest BCUT2D eigenvalue weighted by Crippen LogP contribution is -2.29. The molecule has 0 aliphatic heterocycles. The first-order valence-electron chi connectivity index (χ1n) is 7.44. The number of rotatable bonds is 5. The smallest absolute Gasteiger partial charge is 0.229 e. The van der Waals surface area contributed by atoms with Crippen molar-refractivity contribution in [3.63, 3.8) is 0 Å². The van der Waals surface area contributed by atoms with Crippen molar-refractivity contribution in [1.82, 2.24) is 25.0 Å². The molecule has 0 atom stereocenters. The van der Waals surface area contributed by atoms with E-state index in [1.165, 1.54) is 0 Å². The fourth-order valence-corrected chi connectivity index (χ4v) is 2.17. The Morgan fingerprint density at radius 1 is 1.22 bits per heavy atom. The van der Waals surface area contributed by atoms with Crippen LogP contribution in [0.3, 0.4) is 0 Å². The van der Waals surface area contributed by atoms with Crippen molar-refractivity contribution in [1.29, 1.82) is 0 Å². The van der Waals surface area contributed by atoms with E-state index >= 15 is 0 Å². The summed E-state index contributed by atoms with van der Waals surface area (Å²) in [7, 11) is 1.70. The van der Waals surface area contributed by atoms with E-state index in [0.717, 1.165) is 17.0 Å². The van der Waals surface area contributed by atoms with Crippen molar-refractivity contribution in [3.05, 3.63) is 28.7 Å². The van der Waals surface area contributed by atoms with Gasteiger partial charge in [0.25, 0.3) is 0 Å². The molecule has 23 heavy (non-hydrogen) atoms. The summed E-state index contributed by atoms with van der Waals surface area (Å²) >= 11 is 0. The van der Waals surface area contributed by atoms with Crippen LogP contribution >= 0.6 is 0 Å². The minimum atomic E-state index is -0.0690. The number of likely N-dealkylation sites (N-methyl/N-ethyl adjacent to an activating group) is 1. The van der Waals surface area contributed by atoms with Gasteiger partial charge in [0, 0.05) is 29.9 Å². The van der Waals surface area contributed by atoms with Gasteiger partial charge in [-0.1, -0.05) is 19.0 Å². The number of aromatic nitrogens is 4. The predicted molar refractivity (Wildman–Crippen MR) is 84.5 cm³/mol. The van der Waals surface area contributed by atoms with Crippen molar-refractivity contribution in [3.8, 4) is 0 Å². The Labute approximate surface area is 135 Å². The van der Waals surface area contributed by atoms with Gasteiger partial charge in [0.2, 0.25) is 17.7 Å². The molecule has 0 saturated heterocycles. The Bertz CT molecular complexity index is 687. The molecule has 0 fully saturated rings. The minimum absolute atomic E-state index is 0.0690. The van der Waals surface area contributed by atoms with Crippen LogP contribution in [0.4, 0.5) is 5.95 Å². The van der Waals surface area contributed by atoms with Crippen LogP contribution in [0.25, 0.3) is 0 Å². The van der Waals surface area contributed by atoms with Gasteiger partial charge in [-0.25, -0.2) is 9.97 Å². The van der Waals surface area contributed by atoms with Crippen molar-refractivity contribution < 1.29 is 9.32 Å². The molecule has 0 aliphatic rings.